The number of hydrazone groups is 1. The van der Waals surface area contributed by atoms with Crippen LogP contribution < -0.4 is 5.43 Å². The summed E-state index contributed by atoms with van der Waals surface area (Å²) in [5.41, 5.74) is 7.08. The fraction of sp³-hybridized carbons (Fsp3) is 0.0455. The van der Waals surface area contributed by atoms with Gasteiger partial charge in [0.05, 0.1) is 11.4 Å². The van der Waals surface area contributed by atoms with Crippen molar-refractivity contribution in [1.82, 2.24) is 4.98 Å². The molecular formula is C22H16N4S. The number of benzene rings is 3. The molecule has 27 heavy (non-hydrogen) atoms. The molecule has 0 aliphatic rings. The molecule has 0 spiro atoms. The molecular weight excluding hydrogens is 352 g/mol. The summed E-state index contributed by atoms with van der Waals surface area (Å²) in [5.74, 6) is 0. The van der Waals surface area contributed by atoms with Crippen molar-refractivity contribution in [2.24, 2.45) is 5.10 Å². The lowest BCUT2D eigenvalue weighted by atomic mass is 10.1. The van der Waals surface area contributed by atoms with Gasteiger partial charge in [-0.05, 0) is 35.9 Å². The van der Waals surface area contributed by atoms with Crippen LogP contribution in [-0.4, -0.2) is 10.7 Å². The van der Waals surface area contributed by atoms with E-state index in [1.54, 1.807) is 0 Å². The number of hydrogen-bond acceptors (Lipinski definition) is 5. The van der Waals surface area contributed by atoms with Crippen LogP contribution in [0.3, 0.4) is 0 Å². The first-order valence-corrected chi connectivity index (χ1v) is 9.36. The van der Waals surface area contributed by atoms with Crippen molar-refractivity contribution >= 4 is 33.5 Å². The molecule has 1 N–H and O–H groups in total. The van der Waals surface area contributed by atoms with Crippen molar-refractivity contribution in [1.29, 1.82) is 5.26 Å². The summed E-state index contributed by atoms with van der Waals surface area (Å²) in [5, 5.41) is 18.6. The maximum atomic E-state index is 9.47. The van der Waals surface area contributed by atoms with E-state index in [2.05, 4.69) is 51.9 Å². The summed E-state index contributed by atoms with van der Waals surface area (Å²) in [6.45, 7) is 2.03. The smallest absolute Gasteiger partial charge is 0.196 e. The van der Waals surface area contributed by atoms with Gasteiger partial charge in [0.1, 0.15) is 6.07 Å². The second-order valence-corrected chi connectivity index (χ2v) is 7.01. The molecule has 0 radical (unpaired) electrons. The first-order chi connectivity index (χ1) is 13.2. The molecule has 130 valence electrons. The highest BCUT2D eigenvalue weighted by molar-refractivity contribution is 7.12. The average Bonchev–Trinajstić information content (AvgIpc) is 3.19. The zero-order valence-corrected chi connectivity index (χ0v) is 15.5. The Morgan fingerprint density at radius 2 is 1.81 bits per heavy atom. The Morgan fingerprint density at radius 3 is 2.59 bits per heavy atom. The molecule has 1 aromatic heterocycles. The van der Waals surface area contributed by atoms with Crippen LogP contribution >= 0.6 is 11.3 Å². The largest absolute Gasteiger partial charge is 0.277 e. The van der Waals surface area contributed by atoms with E-state index in [0.717, 1.165) is 16.9 Å². The minimum Gasteiger partial charge on any atom is -0.277 e. The van der Waals surface area contributed by atoms with E-state index in [0.29, 0.717) is 5.01 Å². The monoisotopic (exact) mass is 368 g/mol. The highest BCUT2D eigenvalue weighted by Gasteiger charge is 2.11. The van der Waals surface area contributed by atoms with Crippen molar-refractivity contribution in [2.75, 3.05) is 5.43 Å². The summed E-state index contributed by atoms with van der Waals surface area (Å²) >= 11 is 1.42. The predicted octanol–water partition coefficient (Wildman–Crippen LogP) is 5.61. The Hall–Kier alpha value is -3.49. The highest BCUT2D eigenvalue weighted by Crippen LogP contribution is 2.26. The molecule has 0 unspecified atom stereocenters. The van der Waals surface area contributed by atoms with Crippen LogP contribution in [-0.2, 0) is 0 Å². The third-order valence-corrected chi connectivity index (χ3v) is 5.06. The molecule has 0 bridgehead atoms. The number of nitriles is 1. The molecule has 0 amide bonds. The number of anilines is 1. The van der Waals surface area contributed by atoms with Gasteiger partial charge in [0, 0.05) is 10.9 Å². The zero-order valence-electron chi connectivity index (χ0n) is 14.7. The first kappa shape index (κ1) is 17.0. The van der Waals surface area contributed by atoms with Crippen LogP contribution in [0.2, 0.25) is 0 Å². The minimum atomic E-state index is 0.271. The van der Waals surface area contributed by atoms with Crippen LogP contribution in [0.4, 0.5) is 5.69 Å². The lowest BCUT2D eigenvalue weighted by Crippen LogP contribution is -2.01. The van der Waals surface area contributed by atoms with E-state index < -0.39 is 0 Å². The number of hydrogen-bond donors (Lipinski definition) is 1. The quantitative estimate of drug-likeness (QED) is 0.376. The van der Waals surface area contributed by atoms with Crippen molar-refractivity contribution < 1.29 is 0 Å². The lowest BCUT2D eigenvalue weighted by Gasteiger charge is -2.01. The van der Waals surface area contributed by atoms with Gasteiger partial charge in [-0.3, -0.25) is 5.43 Å². The SMILES string of the molecule is Cc1ccc(N/N=C(\C#N)c2nc(-c3ccc4ccccc4c3)cs2)cc1. The van der Waals surface area contributed by atoms with Gasteiger partial charge < -0.3 is 0 Å². The minimum absolute atomic E-state index is 0.271. The maximum Gasteiger partial charge on any atom is 0.196 e. The van der Waals surface area contributed by atoms with Gasteiger partial charge in [0.25, 0.3) is 0 Å². The molecule has 4 nitrogen and oxygen atoms in total. The molecule has 0 saturated heterocycles. The van der Waals surface area contributed by atoms with Crippen molar-refractivity contribution in [3.8, 4) is 17.3 Å². The molecule has 0 aliphatic carbocycles. The summed E-state index contributed by atoms with van der Waals surface area (Å²) < 4.78 is 0. The van der Waals surface area contributed by atoms with Crippen molar-refractivity contribution in [2.45, 2.75) is 6.92 Å². The summed E-state index contributed by atoms with van der Waals surface area (Å²) in [6, 6.07) is 24.4. The Kier molecular flexibility index (Phi) is 4.65. The third kappa shape index (κ3) is 3.71. The van der Waals surface area contributed by atoms with Crippen LogP contribution in [0.1, 0.15) is 10.6 Å². The van der Waals surface area contributed by atoms with E-state index in [1.165, 1.54) is 27.7 Å². The topological polar surface area (TPSA) is 61.1 Å². The number of rotatable bonds is 4. The van der Waals surface area contributed by atoms with Gasteiger partial charge in [0.2, 0.25) is 0 Å². The van der Waals surface area contributed by atoms with Gasteiger partial charge in [-0.25, -0.2) is 4.98 Å². The molecule has 1 heterocycles. The second kappa shape index (κ2) is 7.40. The Labute approximate surface area is 161 Å². The molecule has 4 rings (SSSR count). The number of aromatic nitrogens is 1. The van der Waals surface area contributed by atoms with Crippen LogP contribution in [0.5, 0.6) is 0 Å². The predicted molar refractivity (Wildman–Crippen MR) is 112 cm³/mol. The van der Waals surface area contributed by atoms with Gasteiger partial charge in [-0.2, -0.15) is 10.4 Å². The zero-order chi connectivity index (χ0) is 18.6. The van der Waals surface area contributed by atoms with Gasteiger partial charge in [-0.1, -0.05) is 54.1 Å². The number of fused-ring (bicyclic) bond motifs is 1. The van der Waals surface area contributed by atoms with Crippen LogP contribution in [0.25, 0.3) is 22.0 Å². The van der Waals surface area contributed by atoms with Crippen LogP contribution in [0, 0.1) is 18.3 Å². The third-order valence-electron chi connectivity index (χ3n) is 4.21. The van der Waals surface area contributed by atoms with Gasteiger partial charge in [-0.15, -0.1) is 11.3 Å². The molecule has 5 heteroatoms. The standard InChI is InChI=1S/C22H16N4S/c1-15-6-10-19(11-7-15)25-26-20(13-23)22-24-21(14-27-22)18-9-8-16-4-2-3-5-17(16)12-18/h2-12,14,25H,1H3/b26-20+. The van der Waals surface area contributed by atoms with Crippen LogP contribution in [0.15, 0.2) is 77.2 Å². The number of nitrogens with zero attached hydrogens (tertiary/aromatic N) is 3. The molecule has 0 aliphatic heterocycles. The molecule has 0 fully saturated rings. The van der Waals surface area contributed by atoms with Gasteiger partial charge >= 0.3 is 0 Å². The molecule has 3 aromatic carbocycles. The average molecular weight is 368 g/mol. The fourth-order valence-electron chi connectivity index (χ4n) is 2.73. The van der Waals surface area contributed by atoms with E-state index in [-0.39, 0.29) is 5.71 Å². The maximum absolute atomic E-state index is 9.47. The fourth-order valence-corrected chi connectivity index (χ4v) is 3.50. The Bertz CT molecular complexity index is 1170. The Morgan fingerprint density at radius 1 is 1.04 bits per heavy atom. The first-order valence-electron chi connectivity index (χ1n) is 8.48. The molecule has 0 saturated carbocycles. The molecule has 4 aromatic rings. The molecule has 0 atom stereocenters. The van der Waals surface area contributed by atoms with Gasteiger partial charge in [0.15, 0.2) is 10.7 Å². The lowest BCUT2D eigenvalue weighted by molar-refractivity contribution is 1.30. The number of aryl methyl sites for hydroxylation is 1. The summed E-state index contributed by atoms with van der Waals surface area (Å²) in [4.78, 5) is 4.61. The van der Waals surface area contributed by atoms with Crippen molar-refractivity contribution in [3.63, 3.8) is 0 Å². The normalized spacial score (nSPS) is 11.3. The summed E-state index contributed by atoms with van der Waals surface area (Å²) in [6.07, 6.45) is 0. The summed E-state index contributed by atoms with van der Waals surface area (Å²) in [7, 11) is 0. The van der Waals surface area contributed by atoms with E-state index in [1.807, 2.05) is 48.7 Å². The van der Waals surface area contributed by atoms with Crippen molar-refractivity contribution in [3.05, 3.63) is 82.7 Å². The van der Waals surface area contributed by atoms with E-state index >= 15 is 0 Å². The van der Waals surface area contributed by atoms with E-state index in [4.69, 9.17) is 0 Å². The number of thiazole rings is 1. The van der Waals surface area contributed by atoms with E-state index in [9.17, 15) is 5.26 Å². The Balaban J connectivity index is 1.60. The second-order valence-electron chi connectivity index (χ2n) is 6.15. The highest BCUT2D eigenvalue weighted by atomic mass is 32.1. The number of nitrogens with one attached hydrogen (secondary N) is 1.